The van der Waals surface area contributed by atoms with Gasteiger partial charge in [0.1, 0.15) is 0 Å². The summed E-state index contributed by atoms with van der Waals surface area (Å²) < 4.78 is 8.84. The van der Waals surface area contributed by atoms with Gasteiger partial charge in [-0.1, -0.05) is 0 Å². The molecule has 0 saturated carbocycles. The molecule has 0 N–H and O–H groups in total. The van der Waals surface area contributed by atoms with Gasteiger partial charge in [-0.25, -0.2) is 0 Å². The molecule has 89 valence electrons. The first kappa shape index (κ1) is 13.6. The van der Waals surface area contributed by atoms with Crippen LogP contribution in [0.2, 0.25) is 0 Å². The summed E-state index contributed by atoms with van der Waals surface area (Å²) in [6.45, 7) is 4.62. The average molecular weight is 448 g/mol. The second-order valence-electron chi connectivity index (χ2n) is 5.12. The van der Waals surface area contributed by atoms with Gasteiger partial charge in [0.05, 0.1) is 0 Å². The number of ether oxygens (including phenoxy) is 1. The average Bonchev–Trinajstić information content (AvgIpc) is 2.26. The SMILES string of the molecule is CC1(C)C[C](=[Sb])C(I)=C(Oc2ccccc2)C1. The summed E-state index contributed by atoms with van der Waals surface area (Å²) in [5, 5.41) is 0. The summed E-state index contributed by atoms with van der Waals surface area (Å²) in [6.07, 6.45) is 2.20. The molecule has 3 heteroatoms. The fourth-order valence-corrected chi connectivity index (χ4v) is 4.05. The van der Waals surface area contributed by atoms with Crippen molar-refractivity contribution < 1.29 is 4.74 Å². The number of halogens is 1. The summed E-state index contributed by atoms with van der Waals surface area (Å²) in [5.41, 5.74) is 0.321. The van der Waals surface area contributed by atoms with Crippen LogP contribution in [0.3, 0.4) is 0 Å². The van der Waals surface area contributed by atoms with Gasteiger partial charge in [0.15, 0.2) is 0 Å². The number of allylic oxidation sites excluding steroid dienone is 2. The molecule has 0 aromatic heterocycles. The van der Waals surface area contributed by atoms with Gasteiger partial charge in [-0.15, -0.1) is 0 Å². The molecule has 17 heavy (non-hydrogen) atoms. The second-order valence-corrected chi connectivity index (χ2v) is 7.74. The Bertz CT molecular complexity index is 462. The van der Waals surface area contributed by atoms with E-state index in [1.807, 2.05) is 52.9 Å². The van der Waals surface area contributed by atoms with Crippen LogP contribution in [0.15, 0.2) is 39.7 Å². The second kappa shape index (κ2) is 5.44. The maximum absolute atomic E-state index is 6.03. The zero-order valence-electron chi connectivity index (χ0n) is 10.0. The third-order valence-electron chi connectivity index (χ3n) is 2.77. The van der Waals surface area contributed by atoms with E-state index in [-0.39, 0.29) is 0 Å². The van der Waals surface area contributed by atoms with Crippen molar-refractivity contribution in [3.8, 4) is 5.75 Å². The van der Waals surface area contributed by atoms with Gasteiger partial charge in [0.2, 0.25) is 0 Å². The minimum atomic E-state index is 0.321. The van der Waals surface area contributed by atoms with Crippen molar-refractivity contribution in [1.29, 1.82) is 0 Å². The Morgan fingerprint density at radius 3 is 2.47 bits per heavy atom. The van der Waals surface area contributed by atoms with Crippen LogP contribution in [0.25, 0.3) is 0 Å². The molecule has 0 bridgehead atoms. The van der Waals surface area contributed by atoms with Crippen molar-refractivity contribution in [2.75, 3.05) is 0 Å². The Labute approximate surface area is 130 Å². The predicted octanol–water partition coefficient (Wildman–Crippen LogP) is 3.87. The van der Waals surface area contributed by atoms with E-state index in [0.717, 1.165) is 17.9 Å². The molecule has 0 heterocycles. The molecule has 0 spiro atoms. The monoisotopic (exact) mass is 447 g/mol. The zero-order chi connectivity index (χ0) is 12.5. The normalized spacial score (nSPS) is 19.4. The third kappa shape index (κ3) is 3.57. The van der Waals surface area contributed by atoms with Crippen LogP contribution in [0, 0.1) is 5.41 Å². The molecule has 0 atom stereocenters. The molecule has 1 aromatic rings. The van der Waals surface area contributed by atoms with Crippen LogP contribution in [-0.4, -0.2) is 26.0 Å². The van der Waals surface area contributed by atoms with E-state index in [1.165, 1.54) is 13.4 Å². The van der Waals surface area contributed by atoms with Crippen LogP contribution in [-0.2, 0) is 0 Å². The Kier molecular flexibility index (Phi) is 4.35. The Hall–Kier alpha value is 0.178. The standard InChI is InChI=1S/C14H15IO.Sb/c1-14(2)9-8-12(15)13(10-14)16-11-6-4-3-5-7-11;/h3-7H,9-10H2,1-2H3;. The van der Waals surface area contributed by atoms with Crippen molar-refractivity contribution in [3.05, 3.63) is 39.7 Å². The molecule has 1 nitrogen and oxygen atoms in total. The van der Waals surface area contributed by atoms with Crippen molar-refractivity contribution in [2.24, 2.45) is 5.41 Å². The number of rotatable bonds is 2. The fourth-order valence-electron chi connectivity index (χ4n) is 1.98. The predicted molar refractivity (Wildman–Crippen MR) is 81.9 cm³/mol. The van der Waals surface area contributed by atoms with E-state index in [9.17, 15) is 0 Å². The molecule has 0 unspecified atom stereocenters. The molecular weight excluding hydrogens is 433 g/mol. The van der Waals surface area contributed by atoms with Gasteiger partial charge in [-0.05, 0) is 0 Å². The molecule has 0 fully saturated rings. The number of para-hydroxylation sites is 1. The minimum absolute atomic E-state index is 0.321. The first-order chi connectivity index (χ1) is 7.98. The third-order valence-corrected chi connectivity index (χ3v) is 6.38. The number of benzene rings is 1. The topological polar surface area (TPSA) is 9.23 Å². The Morgan fingerprint density at radius 1 is 1.18 bits per heavy atom. The summed E-state index contributed by atoms with van der Waals surface area (Å²) >= 11 is 4.24. The van der Waals surface area contributed by atoms with Crippen LogP contribution in [0.5, 0.6) is 5.75 Å². The van der Waals surface area contributed by atoms with E-state index >= 15 is 0 Å². The van der Waals surface area contributed by atoms with Crippen LogP contribution < -0.4 is 4.74 Å². The zero-order valence-corrected chi connectivity index (χ0v) is 14.7. The first-order valence-corrected chi connectivity index (χ1v) is 8.00. The molecule has 0 aliphatic heterocycles. The van der Waals surface area contributed by atoms with Crippen LogP contribution in [0.1, 0.15) is 26.7 Å². The van der Waals surface area contributed by atoms with Gasteiger partial charge < -0.3 is 0 Å². The molecule has 2 rings (SSSR count). The molecule has 1 radical (unpaired) electrons. The Morgan fingerprint density at radius 2 is 1.82 bits per heavy atom. The fraction of sp³-hybridized carbons (Fsp3) is 0.357. The van der Waals surface area contributed by atoms with Gasteiger partial charge in [0, 0.05) is 0 Å². The molecule has 0 saturated heterocycles. The number of hydrogen-bond acceptors (Lipinski definition) is 1. The molecule has 1 aliphatic rings. The van der Waals surface area contributed by atoms with E-state index in [4.69, 9.17) is 4.74 Å². The Balaban J connectivity index is 2.25. The molecular formula is C14H15IOSb. The van der Waals surface area contributed by atoms with Crippen molar-refractivity contribution >= 4 is 48.6 Å². The number of hydrogen-bond donors (Lipinski definition) is 0. The van der Waals surface area contributed by atoms with Gasteiger partial charge in [-0.2, -0.15) is 0 Å². The first-order valence-electron chi connectivity index (χ1n) is 5.65. The van der Waals surface area contributed by atoms with Crippen molar-refractivity contribution in [2.45, 2.75) is 26.7 Å². The van der Waals surface area contributed by atoms with Crippen LogP contribution in [0.4, 0.5) is 0 Å². The van der Waals surface area contributed by atoms with E-state index in [0.29, 0.717) is 5.41 Å². The summed E-state index contributed by atoms with van der Waals surface area (Å²) in [6, 6.07) is 10.1. The van der Waals surface area contributed by atoms with Gasteiger partial charge >= 0.3 is 131 Å². The van der Waals surface area contributed by atoms with Gasteiger partial charge in [0.25, 0.3) is 0 Å². The van der Waals surface area contributed by atoms with E-state index in [2.05, 4.69) is 36.4 Å². The maximum atomic E-state index is 6.03. The summed E-state index contributed by atoms with van der Waals surface area (Å²) in [7, 11) is 0. The molecule has 1 aliphatic carbocycles. The van der Waals surface area contributed by atoms with Crippen molar-refractivity contribution in [3.63, 3.8) is 0 Å². The van der Waals surface area contributed by atoms with Crippen molar-refractivity contribution in [1.82, 2.24) is 0 Å². The van der Waals surface area contributed by atoms with Crippen LogP contribution >= 0.6 is 22.6 Å². The summed E-state index contributed by atoms with van der Waals surface area (Å²) in [4.78, 5) is 0. The summed E-state index contributed by atoms with van der Waals surface area (Å²) in [5.74, 6) is 2.07. The van der Waals surface area contributed by atoms with E-state index < -0.39 is 0 Å². The van der Waals surface area contributed by atoms with Gasteiger partial charge in [-0.3, -0.25) is 0 Å². The van der Waals surface area contributed by atoms with E-state index in [1.54, 1.807) is 0 Å². The molecule has 1 aromatic carbocycles. The molecule has 0 amide bonds. The quantitative estimate of drug-likeness (QED) is 0.494.